The fourth-order valence-corrected chi connectivity index (χ4v) is 5.95. The van der Waals surface area contributed by atoms with Gasteiger partial charge in [0.1, 0.15) is 12.4 Å². The van der Waals surface area contributed by atoms with Gasteiger partial charge in [0.05, 0.1) is 16.9 Å². The third kappa shape index (κ3) is 5.13. The van der Waals surface area contributed by atoms with Crippen LogP contribution in [0, 0.1) is 5.41 Å². The minimum atomic E-state index is -0.954. The van der Waals surface area contributed by atoms with Crippen molar-refractivity contribution in [2.75, 3.05) is 19.6 Å². The largest absolute Gasteiger partial charge is 0.487 e. The Morgan fingerprint density at radius 2 is 1.87 bits per heavy atom. The summed E-state index contributed by atoms with van der Waals surface area (Å²) < 4.78 is 6.14. The summed E-state index contributed by atoms with van der Waals surface area (Å²) in [5, 5.41) is 23.1. The standard InChI is InChI=1S/C32H37ClN2O3/c1-30(2)21-35(18-15-32(30,37)22-9-12-24(33)13-10-22)17-6-8-25-26-7-5-16-34-28(26)20-38-29-14-11-23(19-27(25)29)31(3,4)36/h5,7-14,16,19,36-37H,6,15,17-18,20-21H2,1-4H3/b25-8+/t32-/m1/s1. The summed E-state index contributed by atoms with van der Waals surface area (Å²) in [5.74, 6) is 0.800. The number of pyridine rings is 1. The van der Waals surface area contributed by atoms with Crippen LogP contribution in [0.15, 0.2) is 66.9 Å². The molecule has 1 saturated heterocycles. The molecule has 200 valence electrons. The fourth-order valence-electron chi connectivity index (χ4n) is 5.83. The van der Waals surface area contributed by atoms with Gasteiger partial charge in [0, 0.05) is 47.4 Å². The number of aromatic nitrogens is 1. The van der Waals surface area contributed by atoms with Gasteiger partial charge in [-0.3, -0.25) is 4.98 Å². The zero-order chi connectivity index (χ0) is 27.1. The van der Waals surface area contributed by atoms with E-state index in [4.69, 9.17) is 16.3 Å². The van der Waals surface area contributed by atoms with E-state index in [0.717, 1.165) is 65.3 Å². The minimum Gasteiger partial charge on any atom is -0.487 e. The Labute approximate surface area is 230 Å². The van der Waals surface area contributed by atoms with Crippen LogP contribution < -0.4 is 4.74 Å². The highest BCUT2D eigenvalue weighted by atomic mass is 35.5. The number of likely N-dealkylation sites (tertiary alicyclic amines) is 1. The van der Waals surface area contributed by atoms with Crippen LogP contribution in [0.1, 0.15) is 68.5 Å². The Hall–Kier alpha value is -2.70. The van der Waals surface area contributed by atoms with Crippen LogP contribution in [0.2, 0.25) is 5.02 Å². The summed E-state index contributed by atoms with van der Waals surface area (Å²) in [6, 6.07) is 17.6. The van der Waals surface area contributed by atoms with Gasteiger partial charge < -0.3 is 19.8 Å². The van der Waals surface area contributed by atoms with Crippen molar-refractivity contribution in [3.05, 3.63) is 99.8 Å². The van der Waals surface area contributed by atoms with Crippen LogP contribution in [0.5, 0.6) is 5.75 Å². The topological polar surface area (TPSA) is 65.8 Å². The second kappa shape index (κ2) is 10.1. The molecule has 1 atom stereocenters. The maximum Gasteiger partial charge on any atom is 0.131 e. The van der Waals surface area contributed by atoms with Gasteiger partial charge in [-0.2, -0.15) is 0 Å². The van der Waals surface area contributed by atoms with Crippen LogP contribution in [0.3, 0.4) is 0 Å². The summed E-state index contributed by atoms with van der Waals surface area (Å²) in [7, 11) is 0. The van der Waals surface area contributed by atoms with E-state index in [1.165, 1.54) is 0 Å². The van der Waals surface area contributed by atoms with Gasteiger partial charge in [0.2, 0.25) is 0 Å². The molecule has 5 nitrogen and oxygen atoms in total. The lowest BCUT2D eigenvalue weighted by Gasteiger charge is -2.50. The van der Waals surface area contributed by atoms with Crippen molar-refractivity contribution in [3.63, 3.8) is 0 Å². The van der Waals surface area contributed by atoms with Gasteiger partial charge in [-0.05, 0) is 73.7 Å². The number of halogens is 1. The first-order valence-electron chi connectivity index (χ1n) is 13.3. The summed E-state index contributed by atoms with van der Waals surface area (Å²) in [4.78, 5) is 7.03. The molecule has 0 aliphatic carbocycles. The van der Waals surface area contributed by atoms with E-state index in [0.29, 0.717) is 18.1 Å². The lowest BCUT2D eigenvalue weighted by Crippen LogP contribution is -2.55. The van der Waals surface area contributed by atoms with Crippen molar-refractivity contribution >= 4 is 17.2 Å². The molecule has 0 amide bonds. The predicted octanol–water partition coefficient (Wildman–Crippen LogP) is 6.30. The summed E-state index contributed by atoms with van der Waals surface area (Å²) in [6.45, 7) is 10.8. The first-order valence-corrected chi connectivity index (χ1v) is 13.7. The smallest absolute Gasteiger partial charge is 0.131 e. The van der Waals surface area contributed by atoms with Crippen molar-refractivity contribution in [3.8, 4) is 5.75 Å². The average Bonchev–Trinajstić information content (AvgIpc) is 3.02. The summed E-state index contributed by atoms with van der Waals surface area (Å²) >= 11 is 6.10. The Kier molecular flexibility index (Phi) is 7.16. The molecule has 0 spiro atoms. The lowest BCUT2D eigenvalue weighted by molar-refractivity contribution is -0.125. The minimum absolute atomic E-state index is 0.326. The van der Waals surface area contributed by atoms with Crippen molar-refractivity contribution in [1.29, 1.82) is 0 Å². The Morgan fingerprint density at radius 3 is 2.58 bits per heavy atom. The molecule has 1 aromatic heterocycles. The van der Waals surface area contributed by atoms with E-state index < -0.39 is 11.2 Å². The average molecular weight is 533 g/mol. The van der Waals surface area contributed by atoms with Gasteiger partial charge in [-0.25, -0.2) is 0 Å². The molecule has 38 heavy (non-hydrogen) atoms. The van der Waals surface area contributed by atoms with E-state index in [1.54, 1.807) is 20.0 Å². The zero-order valence-electron chi connectivity index (χ0n) is 22.7. The van der Waals surface area contributed by atoms with Crippen LogP contribution >= 0.6 is 11.6 Å². The number of nitrogens with zero attached hydrogens (tertiary/aromatic N) is 2. The third-order valence-electron chi connectivity index (χ3n) is 8.16. The molecule has 3 heterocycles. The molecule has 0 unspecified atom stereocenters. The maximum atomic E-state index is 11.7. The molecule has 2 aliphatic rings. The molecular weight excluding hydrogens is 496 g/mol. The molecule has 1 fully saturated rings. The highest BCUT2D eigenvalue weighted by Gasteiger charge is 2.48. The number of ether oxygens (including phenoxy) is 1. The molecule has 2 aliphatic heterocycles. The van der Waals surface area contributed by atoms with Gasteiger partial charge in [0.25, 0.3) is 0 Å². The molecule has 0 saturated carbocycles. The summed E-state index contributed by atoms with van der Waals surface area (Å²) in [6.07, 6.45) is 5.58. The normalized spacial score (nSPS) is 22.3. The Morgan fingerprint density at radius 1 is 1.11 bits per heavy atom. The number of hydrogen-bond donors (Lipinski definition) is 2. The molecule has 2 aromatic carbocycles. The van der Waals surface area contributed by atoms with Crippen molar-refractivity contribution in [1.82, 2.24) is 9.88 Å². The van der Waals surface area contributed by atoms with Crippen LogP contribution in [0.25, 0.3) is 5.57 Å². The van der Waals surface area contributed by atoms with Gasteiger partial charge in [-0.15, -0.1) is 0 Å². The van der Waals surface area contributed by atoms with Crippen molar-refractivity contribution in [2.45, 2.75) is 58.3 Å². The number of fused-ring (bicyclic) bond motifs is 2. The number of benzene rings is 2. The van der Waals surface area contributed by atoms with E-state index in [2.05, 4.69) is 35.9 Å². The van der Waals surface area contributed by atoms with Crippen molar-refractivity contribution in [2.24, 2.45) is 5.41 Å². The first-order chi connectivity index (χ1) is 18.0. The molecule has 5 rings (SSSR count). The molecule has 0 radical (unpaired) electrons. The lowest BCUT2D eigenvalue weighted by atomic mass is 9.66. The number of hydrogen-bond acceptors (Lipinski definition) is 5. The predicted molar refractivity (Wildman–Crippen MR) is 152 cm³/mol. The molecule has 3 aromatic rings. The highest BCUT2D eigenvalue weighted by molar-refractivity contribution is 6.30. The Bertz CT molecular complexity index is 1340. The highest BCUT2D eigenvalue weighted by Crippen LogP contribution is 2.46. The zero-order valence-corrected chi connectivity index (χ0v) is 23.4. The van der Waals surface area contributed by atoms with Crippen molar-refractivity contribution < 1.29 is 14.9 Å². The SMILES string of the molecule is CC(C)(O)c1ccc2c(c1)/C(=C/CCN1CC[C@@](O)(c3ccc(Cl)cc3)C(C)(C)C1)c1cccnc1CO2. The Balaban J connectivity index is 1.39. The van der Waals surface area contributed by atoms with Crippen LogP contribution in [-0.2, 0) is 17.8 Å². The van der Waals surface area contributed by atoms with Gasteiger partial charge in [-0.1, -0.05) is 55.8 Å². The summed E-state index contributed by atoms with van der Waals surface area (Å²) in [5.41, 5.74) is 3.63. The monoisotopic (exact) mass is 532 g/mol. The molecule has 0 bridgehead atoms. The quantitative estimate of drug-likeness (QED) is 0.404. The van der Waals surface area contributed by atoms with Gasteiger partial charge >= 0.3 is 0 Å². The molecule has 6 heteroatoms. The fraction of sp³-hybridized carbons (Fsp3) is 0.406. The number of rotatable bonds is 5. The van der Waals surface area contributed by atoms with E-state index >= 15 is 0 Å². The maximum absolute atomic E-state index is 11.7. The number of aliphatic hydroxyl groups is 2. The first kappa shape index (κ1) is 26.9. The van der Waals surface area contributed by atoms with E-state index in [-0.39, 0.29) is 5.41 Å². The van der Waals surface area contributed by atoms with E-state index in [1.807, 2.05) is 48.5 Å². The number of piperidine rings is 1. The van der Waals surface area contributed by atoms with E-state index in [9.17, 15) is 10.2 Å². The molecular formula is C32H37ClN2O3. The third-order valence-corrected chi connectivity index (χ3v) is 8.42. The van der Waals surface area contributed by atoms with Gasteiger partial charge in [0.15, 0.2) is 0 Å². The van der Waals surface area contributed by atoms with Crippen LogP contribution in [-0.4, -0.2) is 39.7 Å². The van der Waals surface area contributed by atoms with Crippen LogP contribution in [0.4, 0.5) is 0 Å². The molecule has 2 N–H and O–H groups in total. The second-order valence-corrected chi connectivity index (χ2v) is 12.2. The second-order valence-electron chi connectivity index (χ2n) is 11.7.